The molecular weight excluding hydrogens is 484 g/mol. The molecule has 2 aliphatic rings. The van der Waals surface area contributed by atoms with Crippen LogP contribution in [0.5, 0.6) is 0 Å². The van der Waals surface area contributed by atoms with Gasteiger partial charge in [-0.05, 0) is 64.5 Å². The molecule has 4 aromatic heterocycles. The Hall–Kier alpha value is -3.57. The summed E-state index contributed by atoms with van der Waals surface area (Å²) in [5.74, 6) is 2.77. The number of carbonyl (C=O) groups is 1. The van der Waals surface area contributed by atoms with E-state index in [0.29, 0.717) is 72.7 Å². The third kappa shape index (κ3) is 3.92. The zero-order valence-electron chi connectivity index (χ0n) is 22.4. The van der Waals surface area contributed by atoms with E-state index in [1.165, 1.54) is 0 Å². The van der Waals surface area contributed by atoms with Crippen molar-refractivity contribution in [2.75, 3.05) is 13.1 Å². The van der Waals surface area contributed by atoms with Gasteiger partial charge < -0.3 is 29.4 Å². The van der Waals surface area contributed by atoms with Gasteiger partial charge in [-0.1, -0.05) is 0 Å². The third-order valence-corrected chi connectivity index (χ3v) is 7.83. The predicted molar refractivity (Wildman–Crippen MR) is 140 cm³/mol. The van der Waals surface area contributed by atoms with E-state index in [-0.39, 0.29) is 5.78 Å². The lowest BCUT2D eigenvalue weighted by atomic mass is 9.96. The lowest BCUT2D eigenvalue weighted by Gasteiger charge is -2.09. The zero-order chi connectivity index (χ0) is 26.7. The predicted octanol–water partition coefficient (Wildman–Crippen LogP) is 3.53. The van der Waals surface area contributed by atoms with Crippen LogP contribution in [-0.4, -0.2) is 48.4 Å². The average molecular weight is 519 g/mol. The number of nitrogens with zero attached hydrogens (tertiary/aromatic N) is 6. The molecule has 2 saturated carbocycles. The van der Waals surface area contributed by atoms with Crippen molar-refractivity contribution in [3.63, 3.8) is 0 Å². The molecule has 2 aliphatic carbocycles. The van der Waals surface area contributed by atoms with Gasteiger partial charge in [-0.15, -0.1) is 20.4 Å². The SMILES string of the molecule is Cc1c(C(=O)c2c(C)c(-c3nnc(C4CC4)o3)n(CCN)c2C)c(C)n(CCN)c1-c1nnc(C2CC2)o1. The molecule has 4 N–H and O–H groups in total. The molecule has 0 unspecified atom stereocenters. The summed E-state index contributed by atoms with van der Waals surface area (Å²) in [7, 11) is 0. The highest BCUT2D eigenvalue weighted by molar-refractivity contribution is 6.14. The Morgan fingerprint density at radius 3 is 1.47 bits per heavy atom. The molecule has 2 fully saturated rings. The Labute approximate surface area is 220 Å². The summed E-state index contributed by atoms with van der Waals surface area (Å²) in [6.45, 7) is 9.64. The summed E-state index contributed by atoms with van der Waals surface area (Å²) in [6, 6.07) is 0. The van der Waals surface area contributed by atoms with Gasteiger partial charge in [0.05, 0.1) is 0 Å². The third-order valence-electron chi connectivity index (χ3n) is 7.83. The number of aromatic nitrogens is 6. The van der Waals surface area contributed by atoms with Gasteiger partial charge in [0.25, 0.3) is 11.8 Å². The van der Waals surface area contributed by atoms with Crippen molar-refractivity contribution in [1.82, 2.24) is 29.5 Å². The lowest BCUT2D eigenvalue weighted by molar-refractivity contribution is 0.103. The van der Waals surface area contributed by atoms with Crippen LogP contribution < -0.4 is 11.5 Å². The summed E-state index contributed by atoms with van der Waals surface area (Å²) in [4.78, 5) is 14.4. The summed E-state index contributed by atoms with van der Waals surface area (Å²) >= 11 is 0. The first-order chi connectivity index (χ1) is 18.3. The average Bonchev–Trinajstić information content (AvgIpc) is 3.79. The van der Waals surface area contributed by atoms with Gasteiger partial charge in [0.1, 0.15) is 11.4 Å². The number of nitrogens with two attached hydrogens (primary N) is 2. The monoisotopic (exact) mass is 518 g/mol. The van der Waals surface area contributed by atoms with E-state index in [1.54, 1.807) is 0 Å². The first-order valence-corrected chi connectivity index (χ1v) is 13.4. The van der Waals surface area contributed by atoms with E-state index in [9.17, 15) is 4.79 Å². The standard InChI is InChI=1S/C27H34N8O3/c1-13-19(15(3)34(11-9-28)21(13)26-32-30-24(37-26)17-5-6-17)23(36)20-14(2)22(35(12-10-29)16(20)4)27-33-31-25(38-27)18-7-8-18/h17-18H,5-12,28-29H2,1-4H3. The van der Waals surface area contributed by atoms with Gasteiger partial charge >= 0.3 is 0 Å². The van der Waals surface area contributed by atoms with Crippen LogP contribution in [0, 0.1) is 27.7 Å². The Kier molecular flexibility index (Phi) is 6.07. The fourth-order valence-electron chi connectivity index (χ4n) is 5.60. The minimum atomic E-state index is -0.0760. The van der Waals surface area contributed by atoms with Crippen molar-refractivity contribution in [3.05, 3.63) is 45.4 Å². The van der Waals surface area contributed by atoms with Crippen LogP contribution in [0.25, 0.3) is 23.2 Å². The minimum absolute atomic E-state index is 0.0760. The number of rotatable bonds is 10. The molecule has 0 spiro atoms. The van der Waals surface area contributed by atoms with Crippen LogP contribution in [0.4, 0.5) is 0 Å². The quantitative estimate of drug-likeness (QED) is 0.300. The molecule has 0 atom stereocenters. The summed E-state index contributed by atoms with van der Waals surface area (Å²) in [6.07, 6.45) is 4.26. The van der Waals surface area contributed by atoms with Crippen LogP contribution in [-0.2, 0) is 13.1 Å². The normalized spacial score (nSPS) is 15.5. The van der Waals surface area contributed by atoms with Crippen LogP contribution in [0.2, 0.25) is 0 Å². The molecule has 0 aliphatic heterocycles. The van der Waals surface area contributed by atoms with Gasteiger partial charge in [-0.3, -0.25) is 4.79 Å². The van der Waals surface area contributed by atoms with Gasteiger partial charge in [-0.2, -0.15) is 0 Å². The second kappa shape index (κ2) is 9.32. The van der Waals surface area contributed by atoms with E-state index in [0.717, 1.165) is 59.6 Å². The molecule has 200 valence electrons. The molecule has 0 bridgehead atoms. The second-order valence-electron chi connectivity index (χ2n) is 10.5. The van der Waals surface area contributed by atoms with Crippen molar-refractivity contribution >= 4 is 5.78 Å². The summed E-state index contributed by atoms with van der Waals surface area (Å²) in [5.41, 5.74) is 17.9. The summed E-state index contributed by atoms with van der Waals surface area (Å²) in [5, 5.41) is 17.2. The fraction of sp³-hybridized carbons (Fsp3) is 0.519. The van der Waals surface area contributed by atoms with E-state index in [1.807, 2.05) is 36.8 Å². The lowest BCUT2D eigenvalue weighted by Crippen LogP contribution is -2.14. The zero-order valence-corrected chi connectivity index (χ0v) is 22.4. The van der Waals surface area contributed by atoms with Gasteiger partial charge in [0.15, 0.2) is 5.78 Å². The van der Waals surface area contributed by atoms with Crippen molar-refractivity contribution in [2.24, 2.45) is 11.5 Å². The van der Waals surface area contributed by atoms with Crippen molar-refractivity contribution in [1.29, 1.82) is 0 Å². The Bertz CT molecular complexity index is 1420. The molecule has 38 heavy (non-hydrogen) atoms. The molecule has 4 heterocycles. The maximum Gasteiger partial charge on any atom is 0.264 e. The molecule has 0 aromatic carbocycles. The maximum atomic E-state index is 14.4. The molecule has 11 heteroatoms. The van der Waals surface area contributed by atoms with Gasteiger partial charge in [0.2, 0.25) is 11.8 Å². The molecule has 6 rings (SSSR count). The second-order valence-corrected chi connectivity index (χ2v) is 10.5. The van der Waals surface area contributed by atoms with Crippen molar-refractivity contribution in [2.45, 2.75) is 78.3 Å². The van der Waals surface area contributed by atoms with Crippen LogP contribution in [0.1, 0.15) is 87.7 Å². The van der Waals surface area contributed by atoms with E-state index >= 15 is 0 Å². The van der Waals surface area contributed by atoms with Crippen LogP contribution in [0.3, 0.4) is 0 Å². The number of hydrogen-bond acceptors (Lipinski definition) is 9. The summed E-state index contributed by atoms with van der Waals surface area (Å²) < 4.78 is 16.2. The topological polar surface area (TPSA) is 157 Å². The maximum absolute atomic E-state index is 14.4. The highest BCUT2D eigenvalue weighted by Gasteiger charge is 2.35. The van der Waals surface area contributed by atoms with Crippen molar-refractivity contribution < 1.29 is 13.6 Å². The Morgan fingerprint density at radius 2 is 1.13 bits per heavy atom. The van der Waals surface area contributed by atoms with Gasteiger partial charge in [0, 0.05) is 60.5 Å². The molecule has 11 nitrogen and oxygen atoms in total. The van der Waals surface area contributed by atoms with E-state index in [2.05, 4.69) is 20.4 Å². The van der Waals surface area contributed by atoms with E-state index in [4.69, 9.17) is 20.3 Å². The Morgan fingerprint density at radius 1 is 0.737 bits per heavy atom. The fourth-order valence-corrected chi connectivity index (χ4v) is 5.60. The Balaban J connectivity index is 1.47. The first-order valence-electron chi connectivity index (χ1n) is 13.4. The highest BCUT2D eigenvalue weighted by Crippen LogP contribution is 2.42. The van der Waals surface area contributed by atoms with Crippen molar-refractivity contribution in [3.8, 4) is 23.2 Å². The first kappa shape index (κ1) is 24.7. The molecule has 4 aromatic rings. The molecular formula is C27H34N8O3. The molecule has 0 radical (unpaired) electrons. The molecule has 0 amide bonds. The molecule has 0 saturated heterocycles. The smallest absolute Gasteiger partial charge is 0.264 e. The van der Waals surface area contributed by atoms with Crippen LogP contribution >= 0.6 is 0 Å². The highest BCUT2D eigenvalue weighted by atomic mass is 16.4. The number of ketones is 1. The largest absolute Gasteiger partial charge is 0.419 e. The number of hydrogen-bond donors (Lipinski definition) is 2. The van der Waals surface area contributed by atoms with E-state index < -0.39 is 0 Å². The van der Waals surface area contributed by atoms with Crippen LogP contribution in [0.15, 0.2) is 8.83 Å². The number of carbonyl (C=O) groups excluding carboxylic acids is 1. The van der Waals surface area contributed by atoms with Gasteiger partial charge in [-0.25, -0.2) is 0 Å². The minimum Gasteiger partial charge on any atom is -0.419 e.